The van der Waals surface area contributed by atoms with E-state index in [9.17, 15) is 13.2 Å². The third kappa shape index (κ3) is 5.80. The number of rotatable bonds is 6. The van der Waals surface area contributed by atoms with Gasteiger partial charge in [0.1, 0.15) is 0 Å². The number of piperidine rings is 2. The number of carbonyl (C=O) groups excluding carboxylic acids is 1. The third-order valence-electron chi connectivity index (χ3n) is 6.82. The first-order valence-corrected chi connectivity index (χ1v) is 13.3. The second-order valence-electron chi connectivity index (χ2n) is 9.33. The van der Waals surface area contributed by atoms with E-state index in [0.717, 1.165) is 49.3 Å². The number of nitrogens with zero attached hydrogens (tertiary/aromatic N) is 3. The maximum atomic E-state index is 13.1. The molecule has 2 aromatic rings. The summed E-state index contributed by atoms with van der Waals surface area (Å²) in [5.74, 6) is -0.0520. The number of hydrogen-bond acceptors (Lipinski definition) is 5. The first-order valence-electron chi connectivity index (χ1n) is 11.8. The van der Waals surface area contributed by atoms with Crippen LogP contribution in [0.1, 0.15) is 42.5 Å². The Bertz CT molecular complexity index is 1060. The van der Waals surface area contributed by atoms with Crippen molar-refractivity contribution in [2.75, 3.05) is 26.2 Å². The molecular weight excluding hydrogens is 436 g/mol. The van der Waals surface area contributed by atoms with Gasteiger partial charge in [-0.15, -0.1) is 0 Å². The normalized spacial score (nSPS) is 19.5. The monoisotopic (exact) mass is 470 g/mol. The predicted molar refractivity (Wildman–Crippen MR) is 128 cm³/mol. The molecule has 0 spiro atoms. The molecule has 8 heteroatoms. The van der Waals surface area contributed by atoms with Crippen molar-refractivity contribution in [1.29, 1.82) is 0 Å². The summed E-state index contributed by atoms with van der Waals surface area (Å²) in [6.45, 7) is 7.28. The molecule has 1 N–H and O–H groups in total. The molecule has 2 aliphatic rings. The van der Waals surface area contributed by atoms with E-state index in [2.05, 4.69) is 15.2 Å². The number of hydrogen-bond donors (Lipinski definition) is 1. The molecule has 0 aliphatic carbocycles. The largest absolute Gasteiger partial charge is 0.353 e. The number of nitrogens with one attached hydrogen (secondary N) is 1. The zero-order chi connectivity index (χ0) is 23.4. The average molecular weight is 471 g/mol. The maximum absolute atomic E-state index is 13.1. The lowest BCUT2D eigenvalue weighted by molar-refractivity contribution is -0.127. The highest BCUT2D eigenvalue weighted by atomic mass is 32.2. The molecular formula is C25H34N4O3S. The second-order valence-corrected chi connectivity index (χ2v) is 11.2. The Morgan fingerprint density at radius 2 is 1.76 bits per heavy atom. The summed E-state index contributed by atoms with van der Waals surface area (Å²) in [4.78, 5) is 20.0. The molecule has 0 unspecified atom stereocenters. The molecule has 2 aliphatic heterocycles. The number of amides is 1. The van der Waals surface area contributed by atoms with Crippen LogP contribution in [0.3, 0.4) is 0 Å². The molecule has 2 saturated heterocycles. The highest BCUT2D eigenvalue weighted by molar-refractivity contribution is 7.89. The second kappa shape index (κ2) is 10.3. The van der Waals surface area contributed by atoms with E-state index in [0.29, 0.717) is 30.8 Å². The third-order valence-corrected chi connectivity index (χ3v) is 8.88. The summed E-state index contributed by atoms with van der Waals surface area (Å²) in [6, 6.07) is 11.6. The smallest absolute Gasteiger partial charge is 0.243 e. The minimum absolute atomic E-state index is 0.0711. The molecule has 7 nitrogen and oxygen atoms in total. The van der Waals surface area contributed by atoms with Crippen LogP contribution in [-0.2, 0) is 21.4 Å². The zero-order valence-electron chi connectivity index (χ0n) is 19.5. The number of aryl methyl sites for hydroxylation is 2. The number of benzene rings is 1. The molecule has 0 radical (unpaired) electrons. The lowest BCUT2D eigenvalue weighted by Gasteiger charge is -2.34. The van der Waals surface area contributed by atoms with Crippen LogP contribution in [0.15, 0.2) is 47.5 Å². The summed E-state index contributed by atoms with van der Waals surface area (Å²) in [5.41, 5.74) is 2.89. The van der Waals surface area contributed by atoms with Crippen molar-refractivity contribution in [1.82, 2.24) is 19.5 Å². The van der Waals surface area contributed by atoms with Gasteiger partial charge in [0, 0.05) is 50.9 Å². The molecule has 33 heavy (non-hydrogen) atoms. The van der Waals surface area contributed by atoms with Crippen LogP contribution in [0.25, 0.3) is 0 Å². The van der Waals surface area contributed by atoms with Crippen molar-refractivity contribution in [2.24, 2.45) is 5.92 Å². The molecule has 0 bridgehead atoms. The van der Waals surface area contributed by atoms with Gasteiger partial charge in [-0.3, -0.25) is 14.7 Å². The highest BCUT2D eigenvalue weighted by Gasteiger charge is 2.33. The van der Waals surface area contributed by atoms with E-state index in [1.165, 1.54) is 4.31 Å². The Hall–Kier alpha value is -2.29. The van der Waals surface area contributed by atoms with Crippen LogP contribution in [0.5, 0.6) is 0 Å². The van der Waals surface area contributed by atoms with Crippen LogP contribution >= 0.6 is 0 Å². The van der Waals surface area contributed by atoms with Crippen LogP contribution in [0.4, 0.5) is 0 Å². The van der Waals surface area contributed by atoms with Gasteiger partial charge < -0.3 is 5.32 Å². The lowest BCUT2D eigenvalue weighted by atomic mass is 9.96. The van der Waals surface area contributed by atoms with Gasteiger partial charge in [0.2, 0.25) is 15.9 Å². The van der Waals surface area contributed by atoms with E-state index >= 15 is 0 Å². The van der Waals surface area contributed by atoms with Gasteiger partial charge in [-0.05, 0) is 63.3 Å². The fraction of sp³-hybridized carbons (Fsp3) is 0.520. The van der Waals surface area contributed by atoms with Crippen molar-refractivity contribution in [3.05, 3.63) is 59.4 Å². The molecule has 0 saturated carbocycles. The molecule has 1 aromatic heterocycles. The Kier molecular flexibility index (Phi) is 7.46. The Morgan fingerprint density at radius 1 is 1.03 bits per heavy atom. The SMILES string of the molecule is Cc1ccc(S(=O)(=O)N2CCC(C(=O)NC3CCN(Cc4ccccn4)CC3)CC2)c(C)c1. The molecule has 0 atom stereocenters. The first-order chi connectivity index (χ1) is 15.8. The van der Waals surface area contributed by atoms with Gasteiger partial charge in [0.05, 0.1) is 10.6 Å². The average Bonchev–Trinajstić information content (AvgIpc) is 2.81. The quantitative estimate of drug-likeness (QED) is 0.702. The number of aromatic nitrogens is 1. The predicted octanol–water partition coefficient (Wildman–Crippen LogP) is 2.88. The standard InChI is InChI=1S/C25H34N4O3S/c1-19-6-7-24(20(2)17-19)33(31,32)29-15-8-21(9-16-29)25(30)27-22-10-13-28(14-11-22)18-23-5-3-4-12-26-23/h3-7,12,17,21-22H,8-11,13-16,18H2,1-2H3,(H,27,30). The van der Waals surface area contributed by atoms with E-state index in [-0.39, 0.29) is 17.9 Å². The van der Waals surface area contributed by atoms with Gasteiger partial charge in [-0.25, -0.2) is 8.42 Å². The summed E-state index contributed by atoms with van der Waals surface area (Å²) in [5, 5.41) is 3.22. The number of carbonyl (C=O) groups is 1. The molecule has 1 amide bonds. The molecule has 4 rings (SSSR count). The van der Waals surface area contributed by atoms with Crippen molar-refractivity contribution < 1.29 is 13.2 Å². The molecule has 3 heterocycles. The molecule has 2 fully saturated rings. The first kappa shape index (κ1) is 23.9. The summed E-state index contributed by atoms with van der Waals surface area (Å²) < 4.78 is 27.7. The topological polar surface area (TPSA) is 82.6 Å². The maximum Gasteiger partial charge on any atom is 0.243 e. The Labute approximate surface area is 197 Å². The van der Waals surface area contributed by atoms with Gasteiger partial charge in [-0.2, -0.15) is 4.31 Å². The van der Waals surface area contributed by atoms with E-state index < -0.39 is 10.0 Å². The lowest BCUT2D eigenvalue weighted by Crippen LogP contribution is -2.48. The van der Waals surface area contributed by atoms with E-state index in [1.807, 2.05) is 50.4 Å². The van der Waals surface area contributed by atoms with Gasteiger partial charge in [-0.1, -0.05) is 23.8 Å². The number of sulfonamides is 1. The molecule has 1 aromatic carbocycles. The fourth-order valence-corrected chi connectivity index (χ4v) is 6.54. The van der Waals surface area contributed by atoms with Crippen molar-refractivity contribution in [2.45, 2.75) is 57.0 Å². The van der Waals surface area contributed by atoms with E-state index in [1.54, 1.807) is 6.07 Å². The zero-order valence-corrected chi connectivity index (χ0v) is 20.4. The number of likely N-dealkylation sites (tertiary alicyclic amines) is 1. The number of pyridine rings is 1. The fourth-order valence-electron chi connectivity index (χ4n) is 4.86. The molecule has 178 valence electrons. The summed E-state index contributed by atoms with van der Waals surface area (Å²) in [7, 11) is -3.53. The summed E-state index contributed by atoms with van der Waals surface area (Å²) >= 11 is 0. The van der Waals surface area contributed by atoms with Gasteiger partial charge >= 0.3 is 0 Å². The van der Waals surface area contributed by atoms with Crippen molar-refractivity contribution >= 4 is 15.9 Å². The van der Waals surface area contributed by atoms with Crippen LogP contribution in [0, 0.1) is 19.8 Å². The van der Waals surface area contributed by atoms with Crippen molar-refractivity contribution in [3.63, 3.8) is 0 Å². The highest BCUT2D eigenvalue weighted by Crippen LogP contribution is 2.26. The van der Waals surface area contributed by atoms with Crippen LogP contribution < -0.4 is 5.32 Å². The minimum Gasteiger partial charge on any atom is -0.353 e. The van der Waals surface area contributed by atoms with Gasteiger partial charge in [0.15, 0.2) is 0 Å². The van der Waals surface area contributed by atoms with Gasteiger partial charge in [0.25, 0.3) is 0 Å². The van der Waals surface area contributed by atoms with E-state index in [4.69, 9.17) is 0 Å². The van der Waals surface area contributed by atoms with Crippen LogP contribution in [-0.4, -0.2) is 60.7 Å². The van der Waals surface area contributed by atoms with Crippen LogP contribution in [0.2, 0.25) is 0 Å². The summed E-state index contributed by atoms with van der Waals surface area (Å²) in [6.07, 6.45) is 4.81. The Morgan fingerprint density at radius 3 is 2.39 bits per heavy atom. The van der Waals surface area contributed by atoms with Crippen molar-refractivity contribution in [3.8, 4) is 0 Å². The minimum atomic E-state index is -3.53. The Balaban J connectivity index is 1.24.